The molecule has 3 heterocycles. The lowest BCUT2D eigenvalue weighted by molar-refractivity contribution is 0.0647. The Hall–Kier alpha value is -3.33. The van der Waals surface area contributed by atoms with E-state index in [-0.39, 0.29) is 18.1 Å². The second-order valence-electron chi connectivity index (χ2n) is 10.4. The average molecular weight is 548 g/mol. The molecule has 4 aromatic rings. The molecule has 1 aliphatic rings. The Kier molecular flexibility index (Phi) is 8.55. The van der Waals surface area contributed by atoms with Crippen molar-refractivity contribution in [2.75, 3.05) is 25.5 Å². The van der Waals surface area contributed by atoms with Crippen molar-refractivity contribution in [3.8, 4) is 11.5 Å². The maximum atomic E-state index is 13.3. The molecule has 0 saturated carbocycles. The van der Waals surface area contributed by atoms with Gasteiger partial charge >= 0.3 is 0 Å². The molecule has 0 aliphatic carbocycles. The second-order valence-corrected chi connectivity index (χ2v) is 11.3. The molecule has 0 unspecified atom stereocenters. The number of piperidine rings is 1. The average Bonchev–Trinajstić information content (AvgIpc) is 3.52. The van der Waals surface area contributed by atoms with E-state index in [0.29, 0.717) is 18.9 Å². The van der Waals surface area contributed by atoms with E-state index in [1.807, 2.05) is 85.4 Å². The fourth-order valence-electron chi connectivity index (χ4n) is 4.83. The molecule has 1 amide bonds. The molecule has 1 fully saturated rings. The van der Waals surface area contributed by atoms with Gasteiger partial charge in [0.25, 0.3) is 5.91 Å². The summed E-state index contributed by atoms with van der Waals surface area (Å²) in [6.07, 6.45) is 2.43. The Morgan fingerprint density at radius 2 is 1.77 bits per heavy atom. The maximum Gasteiger partial charge on any atom is 0.272 e. The highest BCUT2D eigenvalue weighted by Gasteiger charge is 2.19. The van der Waals surface area contributed by atoms with Crippen molar-refractivity contribution in [2.24, 2.45) is 7.05 Å². The molecule has 5 rings (SSSR count). The third kappa shape index (κ3) is 6.64. The summed E-state index contributed by atoms with van der Waals surface area (Å²) >= 11 is 1.63. The van der Waals surface area contributed by atoms with E-state index in [4.69, 9.17) is 14.2 Å². The van der Waals surface area contributed by atoms with Crippen molar-refractivity contribution < 1.29 is 19.0 Å². The van der Waals surface area contributed by atoms with Gasteiger partial charge in [0.05, 0.1) is 22.9 Å². The van der Waals surface area contributed by atoms with Crippen LogP contribution >= 0.6 is 11.3 Å². The van der Waals surface area contributed by atoms with Gasteiger partial charge in [-0.15, -0.1) is 11.3 Å². The molecule has 7 nitrogen and oxygen atoms in total. The van der Waals surface area contributed by atoms with Gasteiger partial charge < -0.3 is 29.0 Å². The Morgan fingerprint density at radius 1 is 1.03 bits per heavy atom. The SMILES string of the molecule is CC(C)OCc1cccc(NC(=O)c2cc3sccc3n2C)c1COc1ccc(OC2CCN(C)CC2)cc1. The van der Waals surface area contributed by atoms with Crippen molar-refractivity contribution in [1.82, 2.24) is 9.47 Å². The molecular weight excluding hydrogens is 510 g/mol. The molecule has 2 aromatic carbocycles. The number of thiophene rings is 1. The Balaban J connectivity index is 1.30. The number of likely N-dealkylation sites (tertiary alicyclic amines) is 1. The van der Waals surface area contributed by atoms with E-state index < -0.39 is 0 Å². The number of benzene rings is 2. The minimum Gasteiger partial charge on any atom is -0.490 e. The molecule has 2 aromatic heterocycles. The zero-order valence-corrected chi connectivity index (χ0v) is 23.9. The van der Waals surface area contributed by atoms with Crippen LogP contribution in [0.5, 0.6) is 11.5 Å². The summed E-state index contributed by atoms with van der Waals surface area (Å²) in [5.41, 5.74) is 4.27. The second kappa shape index (κ2) is 12.2. The number of amides is 1. The number of carbonyl (C=O) groups is 1. The van der Waals surface area contributed by atoms with Gasteiger partial charge in [-0.05, 0) is 87.1 Å². The van der Waals surface area contributed by atoms with Gasteiger partial charge in [0.2, 0.25) is 0 Å². The highest BCUT2D eigenvalue weighted by Crippen LogP contribution is 2.28. The van der Waals surface area contributed by atoms with Gasteiger partial charge in [0.1, 0.15) is 29.9 Å². The van der Waals surface area contributed by atoms with Crippen LogP contribution in [0.25, 0.3) is 10.2 Å². The topological polar surface area (TPSA) is 65.0 Å². The van der Waals surface area contributed by atoms with Crippen LogP contribution < -0.4 is 14.8 Å². The lowest BCUT2D eigenvalue weighted by Crippen LogP contribution is -2.35. The number of rotatable bonds is 10. The summed E-state index contributed by atoms with van der Waals surface area (Å²) in [6.45, 7) is 6.88. The first-order valence-electron chi connectivity index (χ1n) is 13.5. The van der Waals surface area contributed by atoms with Crippen molar-refractivity contribution in [3.05, 3.63) is 76.8 Å². The van der Waals surface area contributed by atoms with Gasteiger partial charge in [-0.3, -0.25) is 4.79 Å². The number of aromatic nitrogens is 1. The number of nitrogens with zero attached hydrogens (tertiary/aromatic N) is 2. The van der Waals surface area contributed by atoms with Gasteiger partial charge in [-0.2, -0.15) is 0 Å². The fraction of sp³-hybridized carbons (Fsp3) is 0.387. The van der Waals surface area contributed by atoms with Crippen LogP contribution in [-0.2, 0) is 25.0 Å². The monoisotopic (exact) mass is 547 g/mol. The lowest BCUT2D eigenvalue weighted by atomic mass is 10.1. The third-order valence-corrected chi connectivity index (χ3v) is 8.02. The van der Waals surface area contributed by atoms with E-state index in [1.54, 1.807) is 11.3 Å². The molecule has 39 heavy (non-hydrogen) atoms. The molecule has 206 valence electrons. The van der Waals surface area contributed by atoms with E-state index >= 15 is 0 Å². The number of aryl methyl sites for hydroxylation is 1. The Labute approximate surface area is 234 Å². The summed E-state index contributed by atoms with van der Waals surface area (Å²) in [7, 11) is 4.07. The number of hydrogen-bond donors (Lipinski definition) is 1. The number of ether oxygens (including phenoxy) is 3. The standard InChI is InChI=1S/C31H37N3O4S/c1-21(2)36-19-22-6-5-7-27(32-31(35)29-18-30-28(34(29)4)14-17-39-30)26(22)20-37-23-8-10-24(11-9-23)38-25-12-15-33(3)16-13-25/h5-11,14,17-18,21,25H,12-13,15-16,19-20H2,1-4H3,(H,32,35). The molecule has 0 atom stereocenters. The first-order valence-corrected chi connectivity index (χ1v) is 14.4. The van der Waals surface area contributed by atoms with Crippen LogP contribution in [0.4, 0.5) is 5.69 Å². The first-order chi connectivity index (χ1) is 18.9. The van der Waals surface area contributed by atoms with Crippen molar-refractivity contribution in [3.63, 3.8) is 0 Å². The fourth-order valence-corrected chi connectivity index (χ4v) is 5.68. The van der Waals surface area contributed by atoms with Crippen molar-refractivity contribution >= 4 is 33.1 Å². The van der Waals surface area contributed by atoms with Crippen LogP contribution in [-0.4, -0.2) is 47.7 Å². The summed E-state index contributed by atoms with van der Waals surface area (Å²) in [6, 6.07) is 17.6. The molecular formula is C31H37N3O4S. The molecule has 0 radical (unpaired) electrons. The highest BCUT2D eigenvalue weighted by atomic mass is 32.1. The first kappa shape index (κ1) is 27.2. The smallest absolute Gasteiger partial charge is 0.272 e. The molecule has 1 N–H and O–H groups in total. The predicted molar refractivity (Wildman–Crippen MR) is 157 cm³/mol. The Morgan fingerprint density at radius 3 is 2.49 bits per heavy atom. The highest BCUT2D eigenvalue weighted by molar-refractivity contribution is 7.17. The maximum absolute atomic E-state index is 13.3. The van der Waals surface area contributed by atoms with E-state index in [0.717, 1.165) is 64.5 Å². The quantitative estimate of drug-likeness (QED) is 0.247. The number of anilines is 1. The molecule has 1 saturated heterocycles. The van der Waals surface area contributed by atoms with Crippen LogP contribution in [0, 0.1) is 0 Å². The predicted octanol–water partition coefficient (Wildman–Crippen LogP) is 6.47. The van der Waals surface area contributed by atoms with Gasteiger partial charge in [0.15, 0.2) is 0 Å². The summed E-state index contributed by atoms with van der Waals surface area (Å²) in [5, 5.41) is 5.16. The summed E-state index contributed by atoms with van der Waals surface area (Å²) < 4.78 is 21.3. The van der Waals surface area contributed by atoms with Crippen LogP contribution in [0.2, 0.25) is 0 Å². The molecule has 1 aliphatic heterocycles. The van der Waals surface area contributed by atoms with E-state index in [9.17, 15) is 4.79 Å². The van der Waals surface area contributed by atoms with Crippen molar-refractivity contribution in [1.29, 1.82) is 0 Å². The zero-order valence-electron chi connectivity index (χ0n) is 23.1. The Bertz CT molecular complexity index is 1400. The van der Waals surface area contributed by atoms with Crippen LogP contribution in [0.15, 0.2) is 60.0 Å². The number of fused-ring (bicyclic) bond motifs is 1. The molecule has 0 spiro atoms. The zero-order chi connectivity index (χ0) is 27.4. The van der Waals surface area contributed by atoms with Crippen LogP contribution in [0.1, 0.15) is 48.3 Å². The molecule has 8 heteroatoms. The number of nitrogens with one attached hydrogen (secondary N) is 1. The minimum absolute atomic E-state index is 0.0884. The van der Waals surface area contributed by atoms with Gasteiger partial charge in [0, 0.05) is 31.4 Å². The van der Waals surface area contributed by atoms with E-state index in [2.05, 4.69) is 17.3 Å². The minimum atomic E-state index is -0.153. The summed E-state index contributed by atoms with van der Waals surface area (Å²) in [5.74, 6) is 1.45. The number of hydrogen-bond acceptors (Lipinski definition) is 6. The van der Waals surface area contributed by atoms with Gasteiger partial charge in [-0.1, -0.05) is 12.1 Å². The van der Waals surface area contributed by atoms with E-state index in [1.165, 1.54) is 0 Å². The lowest BCUT2D eigenvalue weighted by Gasteiger charge is -2.29. The number of carbonyl (C=O) groups excluding carboxylic acids is 1. The van der Waals surface area contributed by atoms with Crippen LogP contribution in [0.3, 0.4) is 0 Å². The molecule has 0 bridgehead atoms. The third-order valence-electron chi connectivity index (χ3n) is 7.17. The largest absolute Gasteiger partial charge is 0.490 e. The van der Waals surface area contributed by atoms with Crippen molar-refractivity contribution in [2.45, 2.75) is 52.1 Å². The normalized spacial score (nSPS) is 14.7. The summed E-state index contributed by atoms with van der Waals surface area (Å²) in [4.78, 5) is 15.6. The van der Waals surface area contributed by atoms with Gasteiger partial charge in [-0.25, -0.2) is 0 Å².